The van der Waals surface area contributed by atoms with Crippen LogP contribution in [0.25, 0.3) is 0 Å². The molecule has 0 unspecified atom stereocenters. The van der Waals surface area contributed by atoms with Crippen molar-refractivity contribution in [2.45, 2.75) is 32.2 Å². The highest BCUT2D eigenvalue weighted by atomic mass is 35.5. The lowest BCUT2D eigenvalue weighted by molar-refractivity contribution is -0.137. The quantitative estimate of drug-likeness (QED) is 0.751. The molecule has 154 valence electrons. The van der Waals surface area contributed by atoms with E-state index in [9.17, 15) is 9.59 Å². The number of amides is 2. The number of rotatable bonds is 7. The van der Waals surface area contributed by atoms with Crippen LogP contribution < -0.4 is 10.1 Å². The zero-order valence-corrected chi connectivity index (χ0v) is 17.4. The molecule has 0 spiro atoms. The molecule has 0 aliphatic carbocycles. The normalized spacial score (nSPS) is 15.6. The van der Waals surface area contributed by atoms with Crippen molar-refractivity contribution in [2.24, 2.45) is 5.92 Å². The predicted octanol–water partition coefficient (Wildman–Crippen LogP) is 3.70. The molecule has 5 nitrogen and oxygen atoms in total. The summed E-state index contributed by atoms with van der Waals surface area (Å²) in [5.74, 6) is 0.647. The second-order valence-electron chi connectivity index (χ2n) is 7.50. The highest BCUT2D eigenvalue weighted by molar-refractivity contribution is 6.30. The van der Waals surface area contributed by atoms with E-state index in [0.29, 0.717) is 36.7 Å². The van der Waals surface area contributed by atoms with Crippen LogP contribution in [0.2, 0.25) is 5.02 Å². The second kappa shape index (κ2) is 10.3. The van der Waals surface area contributed by atoms with Gasteiger partial charge in [-0.15, -0.1) is 0 Å². The molecule has 1 aliphatic heterocycles. The second-order valence-corrected chi connectivity index (χ2v) is 7.94. The van der Waals surface area contributed by atoms with Crippen molar-refractivity contribution in [3.05, 3.63) is 65.2 Å². The van der Waals surface area contributed by atoms with Crippen LogP contribution >= 0.6 is 11.6 Å². The number of piperidine rings is 1. The average molecular weight is 415 g/mol. The molecule has 0 aromatic heterocycles. The first kappa shape index (κ1) is 21.2. The lowest BCUT2D eigenvalue weighted by Crippen LogP contribution is -2.46. The van der Waals surface area contributed by atoms with Gasteiger partial charge in [0.25, 0.3) is 5.91 Å². The molecule has 3 rings (SSSR count). The number of halogens is 1. The topological polar surface area (TPSA) is 58.6 Å². The summed E-state index contributed by atoms with van der Waals surface area (Å²) in [6, 6.07) is 17.0. The van der Waals surface area contributed by atoms with Gasteiger partial charge in [-0.3, -0.25) is 9.59 Å². The summed E-state index contributed by atoms with van der Waals surface area (Å²) in [5, 5.41) is 3.80. The van der Waals surface area contributed by atoms with E-state index in [0.717, 1.165) is 12.0 Å². The van der Waals surface area contributed by atoms with Crippen LogP contribution in [0.3, 0.4) is 0 Å². The standard InChI is InChI=1S/C23H27ClN2O3/c1-17(14-18-6-5-7-20(24)15-18)25-23(28)19-10-12-26(13-11-19)22(27)16-29-21-8-3-2-4-9-21/h2-9,15,17,19H,10-14,16H2,1H3,(H,25,28)/t17-/m0/s1. The first-order chi connectivity index (χ1) is 14.0. The number of benzene rings is 2. The van der Waals surface area contributed by atoms with Crippen LogP contribution in [0.15, 0.2) is 54.6 Å². The molecule has 2 amide bonds. The molecular weight excluding hydrogens is 388 g/mol. The molecule has 0 bridgehead atoms. The van der Waals surface area contributed by atoms with Crippen molar-refractivity contribution in [3.63, 3.8) is 0 Å². The van der Waals surface area contributed by atoms with E-state index < -0.39 is 0 Å². The highest BCUT2D eigenvalue weighted by Crippen LogP contribution is 2.19. The summed E-state index contributed by atoms with van der Waals surface area (Å²) >= 11 is 6.02. The van der Waals surface area contributed by atoms with Gasteiger partial charge in [-0.2, -0.15) is 0 Å². The van der Waals surface area contributed by atoms with Gasteiger partial charge in [0.2, 0.25) is 5.91 Å². The van der Waals surface area contributed by atoms with E-state index in [1.165, 1.54) is 0 Å². The number of carbonyl (C=O) groups excluding carboxylic acids is 2. The van der Waals surface area contributed by atoms with Crippen LogP contribution in [0.5, 0.6) is 5.75 Å². The Labute approximate surface area is 177 Å². The molecular formula is C23H27ClN2O3. The number of ether oxygens (including phenoxy) is 1. The monoisotopic (exact) mass is 414 g/mol. The van der Waals surface area contributed by atoms with Gasteiger partial charge in [-0.1, -0.05) is 41.9 Å². The van der Waals surface area contributed by atoms with E-state index in [4.69, 9.17) is 16.3 Å². The maximum absolute atomic E-state index is 12.6. The van der Waals surface area contributed by atoms with Gasteiger partial charge in [-0.05, 0) is 56.0 Å². The van der Waals surface area contributed by atoms with Crippen LogP contribution in [0.4, 0.5) is 0 Å². The lowest BCUT2D eigenvalue weighted by Gasteiger charge is -2.32. The lowest BCUT2D eigenvalue weighted by atomic mass is 9.95. The van der Waals surface area contributed by atoms with Crippen molar-refractivity contribution >= 4 is 23.4 Å². The van der Waals surface area contributed by atoms with Gasteiger partial charge in [0.05, 0.1) is 0 Å². The Bertz CT molecular complexity index is 820. The van der Waals surface area contributed by atoms with E-state index >= 15 is 0 Å². The zero-order valence-electron chi connectivity index (χ0n) is 16.6. The van der Waals surface area contributed by atoms with E-state index in [1.54, 1.807) is 4.90 Å². The highest BCUT2D eigenvalue weighted by Gasteiger charge is 2.28. The van der Waals surface area contributed by atoms with Crippen molar-refractivity contribution in [2.75, 3.05) is 19.7 Å². The Morgan fingerprint density at radius 3 is 2.55 bits per heavy atom. The van der Waals surface area contributed by atoms with Gasteiger partial charge in [0.1, 0.15) is 5.75 Å². The summed E-state index contributed by atoms with van der Waals surface area (Å²) in [6.45, 7) is 3.19. The van der Waals surface area contributed by atoms with E-state index in [1.807, 2.05) is 61.5 Å². The smallest absolute Gasteiger partial charge is 0.260 e. The first-order valence-corrected chi connectivity index (χ1v) is 10.4. The number of para-hydroxylation sites is 1. The molecule has 6 heteroatoms. The van der Waals surface area contributed by atoms with Crippen molar-refractivity contribution in [3.8, 4) is 5.75 Å². The first-order valence-electron chi connectivity index (χ1n) is 10.0. The van der Waals surface area contributed by atoms with Gasteiger partial charge >= 0.3 is 0 Å². The molecule has 1 fully saturated rings. The van der Waals surface area contributed by atoms with Crippen LogP contribution in [0.1, 0.15) is 25.3 Å². The Morgan fingerprint density at radius 1 is 1.14 bits per heavy atom. The number of nitrogens with zero attached hydrogens (tertiary/aromatic N) is 1. The van der Waals surface area contributed by atoms with Crippen molar-refractivity contribution in [1.29, 1.82) is 0 Å². The maximum atomic E-state index is 12.6. The zero-order chi connectivity index (χ0) is 20.6. The molecule has 0 radical (unpaired) electrons. The Balaban J connectivity index is 1.40. The van der Waals surface area contributed by atoms with Gasteiger partial charge in [0.15, 0.2) is 6.61 Å². The number of carbonyl (C=O) groups is 2. The number of hydrogen-bond donors (Lipinski definition) is 1. The largest absolute Gasteiger partial charge is 0.484 e. The number of likely N-dealkylation sites (tertiary alicyclic amines) is 1. The molecule has 1 aliphatic rings. The predicted molar refractivity (Wildman–Crippen MR) is 114 cm³/mol. The summed E-state index contributed by atoms with van der Waals surface area (Å²) in [7, 11) is 0. The molecule has 1 saturated heterocycles. The van der Waals surface area contributed by atoms with E-state index in [2.05, 4.69) is 5.32 Å². The Hall–Kier alpha value is -2.53. The summed E-state index contributed by atoms with van der Waals surface area (Å²) < 4.78 is 5.53. The number of hydrogen-bond acceptors (Lipinski definition) is 3. The fourth-order valence-corrected chi connectivity index (χ4v) is 3.79. The Kier molecular flexibility index (Phi) is 7.53. The molecule has 0 saturated carbocycles. The third-order valence-corrected chi connectivity index (χ3v) is 5.38. The molecule has 1 atom stereocenters. The molecule has 2 aromatic rings. The summed E-state index contributed by atoms with van der Waals surface area (Å²) in [4.78, 5) is 26.7. The average Bonchev–Trinajstić information content (AvgIpc) is 2.72. The third-order valence-electron chi connectivity index (χ3n) is 5.14. The third kappa shape index (κ3) is 6.50. The SMILES string of the molecule is C[C@@H](Cc1cccc(Cl)c1)NC(=O)C1CCN(C(=O)COc2ccccc2)CC1. The van der Waals surface area contributed by atoms with Crippen LogP contribution in [-0.4, -0.2) is 42.5 Å². The molecule has 2 aromatic carbocycles. The van der Waals surface area contributed by atoms with Gasteiger partial charge in [0, 0.05) is 30.1 Å². The van der Waals surface area contributed by atoms with Gasteiger partial charge < -0.3 is 15.0 Å². The minimum atomic E-state index is -0.0593. The maximum Gasteiger partial charge on any atom is 0.260 e. The fourth-order valence-electron chi connectivity index (χ4n) is 3.57. The van der Waals surface area contributed by atoms with Crippen molar-refractivity contribution < 1.29 is 14.3 Å². The van der Waals surface area contributed by atoms with Crippen LogP contribution in [0, 0.1) is 5.92 Å². The Morgan fingerprint density at radius 2 is 1.86 bits per heavy atom. The summed E-state index contributed by atoms with van der Waals surface area (Å²) in [5.41, 5.74) is 1.10. The minimum Gasteiger partial charge on any atom is -0.484 e. The molecule has 1 N–H and O–H groups in total. The number of nitrogens with one attached hydrogen (secondary N) is 1. The van der Waals surface area contributed by atoms with Gasteiger partial charge in [-0.25, -0.2) is 0 Å². The fraction of sp³-hybridized carbons (Fsp3) is 0.391. The summed E-state index contributed by atoms with van der Waals surface area (Å²) in [6.07, 6.45) is 2.08. The van der Waals surface area contributed by atoms with E-state index in [-0.39, 0.29) is 30.4 Å². The van der Waals surface area contributed by atoms with Crippen LogP contribution in [-0.2, 0) is 16.0 Å². The minimum absolute atomic E-state index is 0.0253. The molecule has 29 heavy (non-hydrogen) atoms. The van der Waals surface area contributed by atoms with Crippen molar-refractivity contribution in [1.82, 2.24) is 10.2 Å². The molecule has 1 heterocycles.